The number of anilines is 1. The molecule has 232 valence electrons. The zero-order chi connectivity index (χ0) is 31.6. The number of aryl methyl sites for hydroxylation is 1. The molecular weight excluding hydrogens is 536 g/mol. The van der Waals surface area contributed by atoms with Gasteiger partial charge in [0.25, 0.3) is 0 Å². The number of hydrogen-bond acceptors (Lipinski definition) is 1. The number of carbonyl (C=O) groups excluding carboxylic acids is 1. The molecule has 0 saturated carbocycles. The van der Waals surface area contributed by atoms with Gasteiger partial charge in [0.2, 0.25) is 5.91 Å². The summed E-state index contributed by atoms with van der Waals surface area (Å²) in [4.78, 5) is 13.8. The van der Waals surface area contributed by atoms with Crippen LogP contribution in [0.1, 0.15) is 93.0 Å². The van der Waals surface area contributed by atoms with E-state index in [9.17, 15) is 4.79 Å². The molecule has 44 heavy (non-hydrogen) atoms. The fraction of sp³-hybridized carbons (Fsp3) is 0.390. The lowest BCUT2D eigenvalue weighted by Crippen LogP contribution is -2.37. The second kappa shape index (κ2) is 15.3. The van der Waals surface area contributed by atoms with E-state index in [1.54, 1.807) is 0 Å². The van der Waals surface area contributed by atoms with Crippen molar-refractivity contribution in [3.05, 3.63) is 137 Å². The molecule has 0 heterocycles. The fourth-order valence-corrected chi connectivity index (χ4v) is 6.25. The maximum atomic E-state index is 13.8. The Balaban J connectivity index is 1.41. The van der Waals surface area contributed by atoms with Crippen molar-refractivity contribution in [3.63, 3.8) is 0 Å². The zero-order valence-corrected chi connectivity index (χ0v) is 27.9. The van der Waals surface area contributed by atoms with Gasteiger partial charge in [0.1, 0.15) is 13.1 Å². The van der Waals surface area contributed by atoms with Gasteiger partial charge in [-0.05, 0) is 72.8 Å². The third-order valence-electron chi connectivity index (χ3n) is 9.51. The van der Waals surface area contributed by atoms with Crippen LogP contribution < -0.4 is 5.32 Å². The summed E-state index contributed by atoms with van der Waals surface area (Å²) in [5.74, 6) is 0.992. The molecule has 0 radical (unpaired) electrons. The van der Waals surface area contributed by atoms with E-state index in [2.05, 4.69) is 156 Å². The van der Waals surface area contributed by atoms with Crippen LogP contribution >= 0.6 is 0 Å². The maximum Gasteiger partial charge on any atom is 0.230 e. The first-order valence-corrected chi connectivity index (χ1v) is 16.5. The predicted molar refractivity (Wildman–Crippen MR) is 187 cm³/mol. The minimum atomic E-state index is -0.478. The lowest BCUT2D eigenvalue weighted by atomic mass is 9.74. The van der Waals surface area contributed by atoms with Crippen molar-refractivity contribution in [1.29, 1.82) is 0 Å². The first-order valence-electron chi connectivity index (χ1n) is 16.5. The van der Waals surface area contributed by atoms with E-state index in [1.807, 2.05) is 0 Å². The van der Waals surface area contributed by atoms with E-state index in [0.717, 1.165) is 55.4 Å². The Morgan fingerprint density at radius 1 is 0.727 bits per heavy atom. The fourth-order valence-electron chi connectivity index (χ4n) is 6.25. The first kappa shape index (κ1) is 33.2. The van der Waals surface area contributed by atoms with Crippen molar-refractivity contribution >= 4 is 11.6 Å². The monoisotopic (exact) mass is 589 g/mol. The number of benzene rings is 4. The van der Waals surface area contributed by atoms with E-state index in [-0.39, 0.29) is 5.91 Å². The van der Waals surface area contributed by atoms with Crippen LogP contribution in [0.4, 0.5) is 5.69 Å². The smallest absolute Gasteiger partial charge is 0.230 e. The largest absolute Gasteiger partial charge is 0.326 e. The standard InChI is InChI=1S/C41H52N2O/c1-7-32(3)36-24-19-33(20-25-36)21-26-38(37-17-13-10-14-18-37)29-41(4,8-2)40(44)42-39-27-22-35(23-28-39)31-43(5,6)30-34-15-11-9-12-16-34/h9-20,22-25,27-28,32,38H,7-8,21,26,29-31H2,1-6H3/p+1. The second-order valence-electron chi connectivity index (χ2n) is 13.7. The number of hydrogen-bond donors (Lipinski definition) is 1. The minimum absolute atomic E-state index is 0.103. The number of amides is 1. The molecule has 0 bridgehead atoms. The van der Waals surface area contributed by atoms with Gasteiger partial charge >= 0.3 is 0 Å². The van der Waals surface area contributed by atoms with Gasteiger partial charge in [-0.15, -0.1) is 0 Å². The molecule has 3 atom stereocenters. The highest BCUT2D eigenvalue weighted by Gasteiger charge is 2.34. The molecule has 4 aromatic rings. The quantitative estimate of drug-likeness (QED) is 0.137. The number of carbonyl (C=O) groups is 1. The lowest BCUT2D eigenvalue weighted by molar-refractivity contribution is -0.916. The summed E-state index contributed by atoms with van der Waals surface area (Å²) in [6.07, 6.45) is 4.77. The molecule has 3 heteroatoms. The molecule has 3 unspecified atom stereocenters. The van der Waals surface area contributed by atoms with Crippen molar-refractivity contribution in [1.82, 2.24) is 0 Å². The van der Waals surface area contributed by atoms with Crippen molar-refractivity contribution in [2.75, 3.05) is 19.4 Å². The molecule has 4 rings (SSSR count). The van der Waals surface area contributed by atoms with Gasteiger partial charge < -0.3 is 9.80 Å². The molecule has 0 aromatic heterocycles. The van der Waals surface area contributed by atoms with Crippen molar-refractivity contribution in [2.45, 2.75) is 84.7 Å². The second-order valence-corrected chi connectivity index (χ2v) is 13.7. The average molecular weight is 590 g/mol. The number of nitrogens with zero attached hydrogens (tertiary/aromatic N) is 1. The van der Waals surface area contributed by atoms with E-state index >= 15 is 0 Å². The Hall–Kier alpha value is -3.69. The first-order chi connectivity index (χ1) is 21.1. The zero-order valence-electron chi connectivity index (χ0n) is 27.9. The Morgan fingerprint density at radius 3 is 1.84 bits per heavy atom. The highest BCUT2D eigenvalue weighted by molar-refractivity contribution is 5.95. The number of nitrogens with one attached hydrogen (secondary N) is 1. The van der Waals surface area contributed by atoms with Crippen molar-refractivity contribution < 1.29 is 9.28 Å². The summed E-state index contributed by atoms with van der Waals surface area (Å²) in [7, 11) is 4.53. The van der Waals surface area contributed by atoms with E-state index in [0.29, 0.717) is 11.8 Å². The Kier molecular flexibility index (Phi) is 11.6. The van der Waals surface area contributed by atoms with Crippen LogP contribution in [-0.2, 0) is 24.3 Å². The lowest BCUT2D eigenvalue weighted by Gasteiger charge is -2.32. The highest BCUT2D eigenvalue weighted by atomic mass is 16.2. The van der Waals surface area contributed by atoms with Gasteiger partial charge in [0.15, 0.2) is 0 Å². The van der Waals surface area contributed by atoms with Crippen LogP contribution in [0.5, 0.6) is 0 Å². The summed E-state index contributed by atoms with van der Waals surface area (Å²) in [6, 6.07) is 39.0. The summed E-state index contributed by atoms with van der Waals surface area (Å²) in [6.45, 7) is 10.7. The normalized spacial score (nSPS) is 14.4. The third kappa shape index (κ3) is 9.40. The van der Waals surface area contributed by atoms with Gasteiger partial charge in [0, 0.05) is 22.2 Å². The maximum absolute atomic E-state index is 13.8. The molecule has 3 nitrogen and oxygen atoms in total. The summed E-state index contributed by atoms with van der Waals surface area (Å²) >= 11 is 0. The van der Waals surface area contributed by atoms with Crippen LogP contribution in [0.15, 0.2) is 109 Å². The molecular formula is C41H53N2O+. The predicted octanol–water partition coefficient (Wildman–Crippen LogP) is 10.1. The molecule has 1 N–H and O–H groups in total. The van der Waals surface area contributed by atoms with E-state index in [1.165, 1.54) is 27.8 Å². The summed E-state index contributed by atoms with van der Waals surface area (Å²) in [5.41, 5.74) is 7.09. The topological polar surface area (TPSA) is 29.1 Å². The Morgan fingerprint density at radius 2 is 1.27 bits per heavy atom. The third-order valence-corrected chi connectivity index (χ3v) is 9.51. The summed E-state index contributed by atoms with van der Waals surface area (Å²) in [5, 5.41) is 3.27. The van der Waals surface area contributed by atoms with Crippen LogP contribution in [-0.4, -0.2) is 24.5 Å². The average Bonchev–Trinajstić information content (AvgIpc) is 3.04. The summed E-state index contributed by atoms with van der Waals surface area (Å²) < 4.78 is 0.868. The molecule has 0 spiro atoms. The van der Waals surface area contributed by atoms with Gasteiger partial charge in [-0.25, -0.2) is 0 Å². The molecule has 0 aliphatic carbocycles. The molecule has 0 aliphatic rings. The van der Waals surface area contributed by atoms with Gasteiger partial charge in [-0.1, -0.05) is 125 Å². The van der Waals surface area contributed by atoms with Crippen molar-refractivity contribution in [3.8, 4) is 0 Å². The molecule has 0 aliphatic heterocycles. The van der Waals surface area contributed by atoms with Crippen LogP contribution in [0.2, 0.25) is 0 Å². The van der Waals surface area contributed by atoms with Crippen LogP contribution in [0.25, 0.3) is 0 Å². The SMILES string of the molecule is CCC(C)c1ccc(CCC(CC(C)(CC)C(=O)Nc2ccc(C[N+](C)(C)Cc3ccccc3)cc2)c2ccccc2)cc1. The van der Waals surface area contributed by atoms with E-state index < -0.39 is 5.41 Å². The molecule has 1 amide bonds. The van der Waals surface area contributed by atoms with E-state index in [4.69, 9.17) is 0 Å². The number of quaternary nitrogens is 1. The molecule has 0 saturated heterocycles. The Bertz CT molecular complexity index is 1430. The minimum Gasteiger partial charge on any atom is -0.326 e. The van der Waals surface area contributed by atoms with Gasteiger partial charge in [-0.2, -0.15) is 0 Å². The van der Waals surface area contributed by atoms with Crippen LogP contribution in [0.3, 0.4) is 0 Å². The number of rotatable bonds is 15. The highest BCUT2D eigenvalue weighted by Crippen LogP contribution is 2.38. The van der Waals surface area contributed by atoms with Gasteiger partial charge in [0.05, 0.1) is 14.1 Å². The Labute approximate surface area is 266 Å². The molecule has 0 fully saturated rings. The van der Waals surface area contributed by atoms with Crippen molar-refractivity contribution in [2.24, 2.45) is 5.41 Å². The van der Waals surface area contributed by atoms with Gasteiger partial charge in [-0.3, -0.25) is 4.79 Å². The molecule has 4 aromatic carbocycles. The van der Waals surface area contributed by atoms with Crippen LogP contribution in [0, 0.1) is 5.41 Å².